The first-order valence-electron chi connectivity index (χ1n) is 8.08. The fourth-order valence-electron chi connectivity index (χ4n) is 2.89. The van der Waals surface area contributed by atoms with Crippen LogP contribution in [0.4, 0.5) is 11.4 Å². The van der Waals surface area contributed by atoms with Gasteiger partial charge in [-0.15, -0.1) is 0 Å². The highest BCUT2D eigenvalue weighted by atomic mass is 32.2. The molecular formula is C18H20N4O2S. The molecule has 2 heterocycles. The highest BCUT2D eigenvalue weighted by Gasteiger charge is 2.22. The van der Waals surface area contributed by atoms with Gasteiger partial charge >= 0.3 is 0 Å². The fraction of sp³-hybridized carbons (Fsp3) is 0.333. The second kappa shape index (κ2) is 7.23. The number of rotatable bonds is 4. The number of nitrogens with one attached hydrogen (secondary N) is 1. The van der Waals surface area contributed by atoms with E-state index in [0.29, 0.717) is 11.7 Å². The standard InChI is InChI=1S/C18H20N4O2S/c1-11-8-12(2)20-18(19-11)25-10-17(24)21-15-4-5-16-14(9-15)6-7-22(16)13(3)23/h4-5,8-9H,6-7,10H2,1-3H3,(H,21,24). The second-order valence-electron chi connectivity index (χ2n) is 6.03. The smallest absolute Gasteiger partial charge is 0.234 e. The quantitative estimate of drug-likeness (QED) is 0.673. The van der Waals surface area contributed by atoms with Crippen molar-refractivity contribution in [2.75, 3.05) is 22.5 Å². The van der Waals surface area contributed by atoms with Gasteiger partial charge in [0.25, 0.3) is 0 Å². The Hall–Kier alpha value is -2.41. The Labute approximate surface area is 151 Å². The first-order valence-corrected chi connectivity index (χ1v) is 9.07. The number of amides is 2. The monoisotopic (exact) mass is 356 g/mol. The number of aryl methyl sites for hydroxylation is 2. The van der Waals surface area contributed by atoms with Crippen molar-refractivity contribution < 1.29 is 9.59 Å². The third-order valence-electron chi connectivity index (χ3n) is 3.93. The summed E-state index contributed by atoms with van der Waals surface area (Å²) < 4.78 is 0. The van der Waals surface area contributed by atoms with Crippen LogP contribution in [0.25, 0.3) is 0 Å². The normalized spacial score (nSPS) is 12.8. The summed E-state index contributed by atoms with van der Waals surface area (Å²) in [6, 6.07) is 7.56. The van der Waals surface area contributed by atoms with Crippen molar-refractivity contribution in [2.45, 2.75) is 32.3 Å². The van der Waals surface area contributed by atoms with Crippen LogP contribution < -0.4 is 10.2 Å². The number of hydrogen-bond donors (Lipinski definition) is 1. The van der Waals surface area contributed by atoms with Gasteiger partial charge < -0.3 is 10.2 Å². The largest absolute Gasteiger partial charge is 0.325 e. The van der Waals surface area contributed by atoms with Crippen LogP contribution in [0.3, 0.4) is 0 Å². The van der Waals surface area contributed by atoms with Crippen LogP contribution >= 0.6 is 11.8 Å². The number of anilines is 2. The van der Waals surface area contributed by atoms with E-state index in [-0.39, 0.29) is 17.6 Å². The molecule has 6 nitrogen and oxygen atoms in total. The lowest BCUT2D eigenvalue weighted by Gasteiger charge is -2.15. The SMILES string of the molecule is CC(=O)N1CCc2cc(NC(=O)CSc3nc(C)cc(C)n3)ccc21. The highest BCUT2D eigenvalue weighted by molar-refractivity contribution is 7.99. The number of carbonyl (C=O) groups is 2. The van der Waals surface area contributed by atoms with E-state index in [1.807, 2.05) is 38.1 Å². The molecule has 1 aliphatic heterocycles. The Morgan fingerprint density at radius 3 is 2.60 bits per heavy atom. The van der Waals surface area contributed by atoms with Crippen molar-refractivity contribution in [2.24, 2.45) is 0 Å². The van der Waals surface area contributed by atoms with Crippen LogP contribution in [0.5, 0.6) is 0 Å². The summed E-state index contributed by atoms with van der Waals surface area (Å²) in [7, 11) is 0. The molecule has 1 N–H and O–H groups in total. The number of benzene rings is 1. The first-order chi connectivity index (χ1) is 11.9. The maximum atomic E-state index is 12.2. The molecule has 130 valence electrons. The van der Waals surface area contributed by atoms with Crippen molar-refractivity contribution in [1.29, 1.82) is 0 Å². The van der Waals surface area contributed by atoms with Gasteiger partial charge in [0.1, 0.15) is 0 Å². The predicted molar refractivity (Wildman–Crippen MR) is 99.0 cm³/mol. The molecule has 0 aliphatic carbocycles. The zero-order valence-electron chi connectivity index (χ0n) is 14.5. The Bertz CT molecular complexity index is 818. The van der Waals surface area contributed by atoms with Gasteiger partial charge in [-0.3, -0.25) is 9.59 Å². The third kappa shape index (κ3) is 4.17. The summed E-state index contributed by atoms with van der Waals surface area (Å²) in [5.41, 5.74) is 4.55. The summed E-state index contributed by atoms with van der Waals surface area (Å²) in [5.74, 6) is 0.189. The average molecular weight is 356 g/mol. The molecule has 0 unspecified atom stereocenters. The minimum Gasteiger partial charge on any atom is -0.325 e. The van der Waals surface area contributed by atoms with Gasteiger partial charge in [0.05, 0.1) is 5.75 Å². The van der Waals surface area contributed by atoms with Crippen LogP contribution in [0.1, 0.15) is 23.9 Å². The summed E-state index contributed by atoms with van der Waals surface area (Å²) in [5, 5.41) is 3.51. The van der Waals surface area contributed by atoms with Gasteiger partial charge in [-0.05, 0) is 50.1 Å². The van der Waals surface area contributed by atoms with Gasteiger partial charge in [0.15, 0.2) is 5.16 Å². The molecule has 0 saturated carbocycles. The molecule has 25 heavy (non-hydrogen) atoms. The third-order valence-corrected chi connectivity index (χ3v) is 4.78. The van der Waals surface area contributed by atoms with Crippen LogP contribution in [-0.2, 0) is 16.0 Å². The first kappa shape index (κ1) is 17.4. The van der Waals surface area contributed by atoms with E-state index in [1.54, 1.807) is 11.8 Å². The molecular weight excluding hydrogens is 336 g/mol. The Balaban J connectivity index is 1.61. The van der Waals surface area contributed by atoms with Crippen LogP contribution in [0.15, 0.2) is 29.4 Å². The number of fused-ring (bicyclic) bond motifs is 1. The molecule has 1 aromatic carbocycles. The van der Waals surface area contributed by atoms with Crippen LogP contribution in [0, 0.1) is 13.8 Å². The van der Waals surface area contributed by atoms with E-state index in [1.165, 1.54) is 11.8 Å². The lowest BCUT2D eigenvalue weighted by molar-refractivity contribution is -0.116. The number of hydrogen-bond acceptors (Lipinski definition) is 5. The lowest BCUT2D eigenvalue weighted by atomic mass is 10.1. The van der Waals surface area contributed by atoms with Crippen molar-refractivity contribution in [3.05, 3.63) is 41.2 Å². The maximum Gasteiger partial charge on any atom is 0.234 e. The predicted octanol–water partition coefficient (Wildman–Crippen LogP) is 2.73. The van der Waals surface area contributed by atoms with Gasteiger partial charge in [0.2, 0.25) is 11.8 Å². The molecule has 0 spiro atoms. The second-order valence-corrected chi connectivity index (χ2v) is 6.98. The molecule has 3 rings (SSSR count). The molecule has 0 atom stereocenters. The van der Waals surface area contributed by atoms with E-state index >= 15 is 0 Å². The van der Waals surface area contributed by atoms with Crippen molar-refractivity contribution in [1.82, 2.24) is 9.97 Å². The van der Waals surface area contributed by atoms with E-state index in [2.05, 4.69) is 15.3 Å². The Kier molecular flexibility index (Phi) is 5.03. The molecule has 1 aliphatic rings. The molecule has 0 fully saturated rings. The number of thioether (sulfide) groups is 1. The van der Waals surface area contributed by atoms with E-state index in [0.717, 1.165) is 34.7 Å². The minimum absolute atomic E-state index is 0.0420. The molecule has 0 radical (unpaired) electrons. The van der Waals surface area contributed by atoms with Crippen molar-refractivity contribution in [3.8, 4) is 0 Å². The Morgan fingerprint density at radius 2 is 1.92 bits per heavy atom. The molecule has 1 aromatic heterocycles. The van der Waals surface area contributed by atoms with Crippen molar-refractivity contribution >= 4 is 35.0 Å². The molecule has 7 heteroatoms. The van der Waals surface area contributed by atoms with Gasteiger partial charge in [-0.1, -0.05) is 11.8 Å². The van der Waals surface area contributed by atoms with E-state index in [4.69, 9.17) is 0 Å². The zero-order valence-corrected chi connectivity index (χ0v) is 15.3. The summed E-state index contributed by atoms with van der Waals surface area (Å²) in [6.07, 6.45) is 0.809. The number of aromatic nitrogens is 2. The molecule has 0 saturated heterocycles. The molecule has 2 aromatic rings. The molecule has 2 amide bonds. The fourth-order valence-corrected chi connectivity index (χ4v) is 3.64. The average Bonchev–Trinajstić information content (AvgIpc) is 2.95. The Morgan fingerprint density at radius 1 is 1.20 bits per heavy atom. The minimum atomic E-state index is -0.103. The molecule has 0 bridgehead atoms. The summed E-state index contributed by atoms with van der Waals surface area (Å²) >= 11 is 1.32. The van der Waals surface area contributed by atoms with Crippen LogP contribution in [-0.4, -0.2) is 34.1 Å². The zero-order chi connectivity index (χ0) is 18.0. The van der Waals surface area contributed by atoms with Gasteiger partial charge in [-0.25, -0.2) is 9.97 Å². The highest BCUT2D eigenvalue weighted by Crippen LogP contribution is 2.30. The van der Waals surface area contributed by atoms with Crippen molar-refractivity contribution in [3.63, 3.8) is 0 Å². The maximum absolute atomic E-state index is 12.2. The lowest BCUT2D eigenvalue weighted by Crippen LogP contribution is -2.25. The summed E-state index contributed by atoms with van der Waals surface area (Å²) in [6.45, 7) is 6.08. The van der Waals surface area contributed by atoms with E-state index in [9.17, 15) is 9.59 Å². The summed E-state index contributed by atoms with van der Waals surface area (Å²) in [4.78, 5) is 34.2. The van der Waals surface area contributed by atoms with E-state index < -0.39 is 0 Å². The van der Waals surface area contributed by atoms with Gasteiger partial charge in [-0.2, -0.15) is 0 Å². The van der Waals surface area contributed by atoms with Crippen LogP contribution in [0.2, 0.25) is 0 Å². The van der Waals surface area contributed by atoms with Gasteiger partial charge in [0, 0.05) is 36.2 Å². The number of carbonyl (C=O) groups excluding carboxylic acids is 2. The topological polar surface area (TPSA) is 75.2 Å². The number of nitrogens with zero attached hydrogens (tertiary/aromatic N) is 3.